The van der Waals surface area contributed by atoms with Gasteiger partial charge in [-0.25, -0.2) is 4.39 Å². The molecule has 1 aromatic carbocycles. The number of aliphatic hydroxyl groups is 1. The Labute approximate surface area is 90.7 Å². The monoisotopic (exact) mass is 236 g/mol. The van der Waals surface area contributed by atoms with Crippen molar-refractivity contribution in [3.63, 3.8) is 0 Å². The SMILES string of the molecule is CC(C)(CO)c1ccc(C(F)(F)F)cc1F. The Hall–Kier alpha value is -1.10. The normalized spacial score (nSPS) is 12.9. The molecule has 0 saturated heterocycles. The molecule has 1 aromatic rings. The van der Waals surface area contributed by atoms with Crippen LogP contribution in [0.1, 0.15) is 25.0 Å². The van der Waals surface area contributed by atoms with Gasteiger partial charge in [0, 0.05) is 5.41 Å². The Morgan fingerprint density at radius 1 is 1.19 bits per heavy atom. The van der Waals surface area contributed by atoms with Crippen molar-refractivity contribution in [1.82, 2.24) is 0 Å². The molecule has 0 amide bonds. The predicted molar refractivity (Wildman–Crippen MR) is 51.5 cm³/mol. The van der Waals surface area contributed by atoms with Crippen molar-refractivity contribution in [2.24, 2.45) is 0 Å². The molecule has 1 nitrogen and oxygen atoms in total. The minimum Gasteiger partial charge on any atom is -0.395 e. The lowest BCUT2D eigenvalue weighted by molar-refractivity contribution is -0.137. The van der Waals surface area contributed by atoms with Crippen molar-refractivity contribution >= 4 is 0 Å². The van der Waals surface area contributed by atoms with Gasteiger partial charge in [0.2, 0.25) is 0 Å². The molecule has 0 bridgehead atoms. The average molecular weight is 236 g/mol. The number of halogens is 4. The summed E-state index contributed by atoms with van der Waals surface area (Å²) in [5.74, 6) is -0.950. The number of hydrogen-bond acceptors (Lipinski definition) is 1. The summed E-state index contributed by atoms with van der Waals surface area (Å²) in [6.07, 6.45) is -4.55. The van der Waals surface area contributed by atoms with E-state index in [4.69, 9.17) is 5.11 Å². The van der Waals surface area contributed by atoms with Crippen LogP contribution in [-0.2, 0) is 11.6 Å². The molecular weight excluding hydrogens is 224 g/mol. The van der Waals surface area contributed by atoms with E-state index in [1.54, 1.807) is 13.8 Å². The first-order chi connectivity index (χ1) is 7.18. The lowest BCUT2D eigenvalue weighted by atomic mass is 9.85. The molecule has 0 aliphatic heterocycles. The minimum absolute atomic E-state index is 0.0722. The van der Waals surface area contributed by atoms with Gasteiger partial charge in [0.1, 0.15) is 5.82 Å². The molecule has 0 aromatic heterocycles. The molecule has 0 spiro atoms. The van der Waals surface area contributed by atoms with E-state index in [1.807, 2.05) is 0 Å². The lowest BCUT2D eigenvalue weighted by Gasteiger charge is -2.23. The second-order valence-electron chi connectivity index (χ2n) is 4.23. The summed E-state index contributed by atoms with van der Waals surface area (Å²) >= 11 is 0. The maximum atomic E-state index is 13.5. The Balaban J connectivity index is 3.20. The molecule has 0 radical (unpaired) electrons. The van der Waals surface area contributed by atoms with Crippen LogP contribution in [-0.4, -0.2) is 11.7 Å². The van der Waals surface area contributed by atoms with E-state index in [9.17, 15) is 17.6 Å². The van der Waals surface area contributed by atoms with Gasteiger partial charge in [0.15, 0.2) is 0 Å². The first-order valence-corrected chi connectivity index (χ1v) is 4.66. The molecule has 0 heterocycles. The Bertz CT molecular complexity index is 382. The van der Waals surface area contributed by atoms with Crippen molar-refractivity contribution in [2.75, 3.05) is 6.61 Å². The Kier molecular flexibility index (Phi) is 3.28. The molecule has 0 atom stereocenters. The molecule has 0 unspecified atom stereocenters. The van der Waals surface area contributed by atoms with Crippen LogP contribution in [0, 0.1) is 5.82 Å². The molecule has 90 valence electrons. The highest BCUT2D eigenvalue weighted by molar-refractivity contribution is 5.31. The largest absolute Gasteiger partial charge is 0.416 e. The van der Waals surface area contributed by atoms with Crippen LogP contribution in [0.25, 0.3) is 0 Å². The van der Waals surface area contributed by atoms with Crippen LogP contribution in [0.4, 0.5) is 17.6 Å². The van der Waals surface area contributed by atoms with E-state index >= 15 is 0 Å². The van der Waals surface area contributed by atoms with Crippen LogP contribution in [0.5, 0.6) is 0 Å². The number of benzene rings is 1. The number of aliphatic hydroxyl groups excluding tert-OH is 1. The summed E-state index contributed by atoms with van der Waals surface area (Å²) in [5, 5.41) is 9.01. The minimum atomic E-state index is -4.55. The summed E-state index contributed by atoms with van der Waals surface area (Å²) in [6, 6.07) is 2.33. The Morgan fingerprint density at radius 2 is 1.75 bits per heavy atom. The molecule has 0 aliphatic rings. The molecule has 1 N–H and O–H groups in total. The molecular formula is C11H12F4O. The maximum absolute atomic E-state index is 13.5. The maximum Gasteiger partial charge on any atom is 0.416 e. The smallest absolute Gasteiger partial charge is 0.395 e. The van der Waals surface area contributed by atoms with E-state index in [-0.39, 0.29) is 12.2 Å². The molecule has 16 heavy (non-hydrogen) atoms. The van der Waals surface area contributed by atoms with E-state index in [0.717, 1.165) is 12.1 Å². The fourth-order valence-electron chi connectivity index (χ4n) is 1.33. The standard InChI is InChI=1S/C11H12F4O/c1-10(2,6-16)8-4-3-7(5-9(8)12)11(13,14)15/h3-5,16H,6H2,1-2H3. The zero-order valence-corrected chi connectivity index (χ0v) is 8.90. The van der Waals surface area contributed by atoms with E-state index in [2.05, 4.69) is 0 Å². The lowest BCUT2D eigenvalue weighted by Crippen LogP contribution is -2.24. The van der Waals surface area contributed by atoms with Gasteiger partial charge in [0.05, 0.1) is 12.2 Å². The van der Waals surface area contributed by atoms with Crippen molar-refractivity contribution in [3.05, 3.63) is 35.1 Å². The fraction of sp³-hybridized carbons (Fsp3) is 0.455. The molecule has 5 heteroatoms. The topological polar surface area (TPSA) is 20.2 Å². The van der Waals surface area contributed by atoms with Gasteiger partial charge in [-0.05, 0) is 17.7 Å². The Morgan fingerprint density at radius 3 is 2.12 bits per heavy atom. The highest BCUT2D eigenvalue weighted by Gasteiger charge is 2.32. The summed E-state index contributed by atoms with van der Waals surface area (Å²) in [7, 11) is 0. The van der Waals surface area contributed by atoms with Gasteiger partial charge < -0.3 is 5.11 Å². The molecule has 0 fully saturated rings. The summed E-state index contributed by atoms with van der Waals surface area (Å²) < 4.78 is 50.2. The van der Waals surface area contributed by atoms with Crippen molar-refractivity contribution < 1.29 is 22.7 Å². The first-order valence-electron chi connectivity index (χ1n) is 4.66. The van der Waals surface area contributed by atoms with Gasteiger partial charge in [-0.1, -0.05) is 19.9 Å². The van der Waals surface area contributed by atoms with Gasteiger partial charge in [-0.15, -0.1) is 0 Å². The number of hydrogen-bond donors (Lipinski definition) is 1. The summed E-state index contributed by atoms with van der Waals surface area (Å²) in [5.41, 5.74) is -1.85. The summed E-state index contributed by atoms with van der Waals surface area (Å²) in [6.45, 7) is 2.77. The van der Waals surface area contributed by atoms with Crippen molar-refractivity contribution in [1.29, 1.82) is 0 Å². The zero-order valence-electron chi connectivity index (χ0n) is 8.90. The van der Waals surface area contributed by atoms with Gasteiger partial charge in [-0.2, -0.15) is 13.2 Å². The van der Waals surface area contributed by atoms with Gasteiger partial charge in [0.25, 0.3) is 0 Å². The second-order valence-corrected chi connectivity index (χ2v) is 4.23. The van der Waals surface area contributed by atoms with Crippen LogP contribution in [0.3, 0.4) is 0 Å². The van der Waals surface area contributed by atoms with E-state index in [1.165, 1.54) is 0 Å². The average Bonchev–Trinajstić information content (AvgIpc) is 2.16. The molecule has 0 saturated carbocycles. The third kappa shape index (κ3) is 2.52. The van der Waals surface area contributed by atoms with Crippen LogP contribution >= 0.6 is 0 Å². The highest BCUT2D eigenvalue weighted by Crippen LogP contribution is 2.33. The molecule has 0 aliphatic carbocycles. The molecule has 1 rings (SSSR count). The third-order valence-electron chi connectivity index (χ3n) is 2.42. The van der Waals surface area contributed by atoms with Crippen LogP contribution in [0.2, 0.25) is 0 Å². The number of alkyl halides is 3. The fourth-order valence-corrected chi connectivity index (χ4v) is 1.33. The van der Waals surface area contributed by atoms with E-state index < -0.39 is 23.0 Å². The first kappa shape index (κ1) is 13.0. The number of rotatable bonds is 2. The van der Waals surface area contributed by atoms with Gasteiger partial charge >= 0.3 is 6.18 Å². The third-order valence-corrected chi connectivity index (χ3v) is 2.42. The highest BCUT2D eigenvalue weighted by atomic mass is 19.4. The predicted octanol–water partition coefficient (Wildman–Crippen LogP) is 3.11. The summed E-state index contributed by atoms with van der Waals surface area (Å²) in [4.78, 5) is 0. The second kappa shape index (κ2) is 4.05. The van der Waals surface area contributed by atoms with E-state index in [0.29, 0.717) is 6.07 Å². The van der Waals surface area contributed by atoms with Crippen molar-refractivity contribution in [2.45, 2.75) is 25.4 Å². The van der Waals surface area contributed by atoms with Crippen LogP contribution < -0.4 is 0 Å². The quantitative estimate of drug-likeness (QED) is 0.782. The van der Waals surface area contributed by atoms with Crippen LogP contribution in [0.15, 0.2) is 18.2 Å². The van der Waals surface area contributed by atoms with Gasteiger partial charge in [-0.3, -0.25) is 0 Å². The van der Waals surface area contributed by atoms with Crippen molar-refractivity contribution in [3.8, 4) is 0 Å². The zero-order chi connectivity index (χ0) is 12.6.